The molecule has 120 valence electrons. The van der Waals surface area contributed by atoms with Crippen LogP contribution >= 0.6 is 0 Å². The number of carbonyl (C=O) groups is 1. The van der Waals surface area contributed by atoms with Gasteiger partial charge < -0.3 is 14.4 Å². The van der Waals surface area contributed by atoms with Gasteiger partial charge >= 0.3 is 0 Å². The minimum Gasteiger partial charge on any atom is -0.379 e. The van der Waals surface area contributed by atoms with E-state index in [4.69, 9.17) is 9.47 Å². The number of halogens is 1. The van der Waals surface area contributed by atoms with E-state index in [0.717, 1.165) is 37.4 Å². The van der Waals surface area contributed by atoms with Crippen molar-refractivity contribution in [3.63, 3.8) is 0 Å². The number of benzene rings is 1. The highest BCUT2D eigenvalue weighted by atomic mass is 19.1. The molecule has 1 aromatic carbocycles. The molecule has 6 heteroatoms. The first-order valence-electron chi connectivity index (χ1n) is 7.68. The van der Waals surface area contributed by atoms with Gasteiger partial charge in [0.2, 0.25) is 0 Å². The normalized spacial score (nSPS) is 20.1. The fraction of sp³-hybridized carbons (Fsp3) is 0.562. The topological polar surface area (TPSA) is 42.0 Å². The van der Waals surface area contributed by atoms with Crippen LogP contribution in [0.2, 0.25) is 0 Å². The number of rotatable bonds is 4. The van der Waals surface area contributed by atoms with E-state index >= 15 is 0 Å². The Bertz CT molecular complexity index is 526. The van der Waals surface area contributed by atoms with Crippen molar-refractivity contribution in [1.29, 1.82) is 0 Å². The summed E-state index contributed by atoms with van der Waals surface area (Å²) < 4.78 is 25.0. The molecular formula is C16H21FN2O3. The quantitative estimate of drug-likeness (QED) is 0.785. The van der Waals surface area contributed by atoms with Crippen molar-refractivity contribution in [2.45, 2.75) is 6.54 Å². The van der Waals surface area contributed by atoms with Crippen LogP contribution in [0.5, 0.6) is 0 Å². The number of aldehydes is 1. The predicted octanol–water partition coefficient (Wildman–Crippen LogP) is 1.31. The van der Waals surface area contributed by atoms with Crippen LogP contribution in [-0.4, -0.2) is 63.8 Å². The summed E-state index contributed by atoms with van der Waals surface area (Å²) in [7, 11) is 0. The largest absolute Gasteiger partial charge is 0.379 e. The molecule has 0 unspecified atom stereocenters. The molecule has 0 spiro atoms. The number of anilines is 1. The Kier molecular flexibility index (Phi) is 5.02. The molecule has 2 saturated heterocycles. The molecular weight excluding hydrogens is 287 g/mol. The summed E-state index contributed by atoms with van der Waals surface area (Å²) in [4.78, 5) is 15.6. The lowest BCUT2D eigenvalue weighted by Crippen LogP contribution is -2.37. The summed E-state index contributed by atoms with van der Waals surface area (Å²) >= 11 is 0. The first-order valence-corrected chi connectivity index (χ1v) is 7.68. The van der Waals surface area contributed by atoms with E-state index in [9.17, 15) is 9.18 Å². The van der Waals surface area contributed by atoms with Crippen molar-refractivity contribution in [1.82, 2.24) is 4.90 Å². The lowest BCUT2D eigenvalue weighted by atomic mass is 10.0. The van der Waals surface area contributed by atoms with E-state index in [1.807, 2.05) is 6.07 Å². The van der Waals surface area contributed by atoms with Crippen LogP contribution in [0.1, 0.15) is 15.9 Å². The van der Waals surface area contributed by atoms with Gasteiger partial charge in [0.1, 0.15) is 5.82 Å². The summed E-state index contributed by atoms with van der Waals surface area (Å²) in [5, 5.41) is 0. The van der Waals surface area contributed by atoms with Gasteiger partial charge in [-0.25, -0.2) is 4.39 Å². The molecule has 1 aromatic rings. The molecule has 0 amide bonds. The van der Waals surface area contributed by atoms with Gasteiger partial charge in [-0.05, 0) is 17.7 Å². The van der Waals surface area contributed by atoms with Crippen LogP contribution in [0.3, 0.4) is 0 Å². The Labute approximate surface area is 129 Å². The number of nitrogens with zero attached hydrogens (tertiary/aromatic N) is 2. The van der Waals surface area contributed by atoms with Crippen molar-refractivity contribution in [2.24, 2.45) is 0 Å². The molecule has 22 heavy (non-hydrogen) atoms. The number of carbonyl (C=O) groups excluding carboxylic acids is 1. The summed E-state index contributed by atoms with van der Waals surface area (Å²) in [5.74, 6) is -0.442. The predicted molar refractivity (Wildman–Crippen MR) is 80.9 cm³/mol. The summed E-state index contributed by atoms with van der Waals surface area (Å²) in [5.41, 5.74) is 1.75. The van der Waals surface area contributed by atoms with Crippen molar-refractivity contribution in [3.05, 3.63) is 29.1 Å². The van der Waals surface area contributed by atoms with Crippen LogP contribution in [0.15, 0.2) is 12.1 Å². The van der Waals surface area contributed by atoms with Crippen LogP contribution in [0.25, 0.3) is 0 Å². The fourth-order valence-corrected chi connectivity index (χ4v) is 2.93. The molecule has 0 atom stereocenters. The standard InChI is InChI=1S/C16H21FN2O3/c17-16-10-14(19-3-7-22-8-4-19)9-13(15(16)12-20)11-18-1-5-21-6-2-18/h9-10,12H,1-8,11H2. The second-order valence-electron chi connectivity index (χ2n) is 5.61. The highest BCUT2D eigenvalue weighted by molar-refractivity contribution is 5.79. The number of ether oxygens (including phenoxy) is 2. The third-order valence-corrected chi connectivity index (χ3v) is 4.19. The maximum Gasteiger partial charge on any atom is 0.153 e. The van der Waals surface area contributed by atoms with Crippen LogP contribution in [0.4, 0.5) is 10.1 Å². The Morgan fingerprint density at radius 1 is 1.05 bits per heavy atom. The van der Waals surface area contributed by atoms with Gasteiger partial charge in [0.15, 0.2) is 6.29 Å². The van der Waals surface area contributed by atoms with Gasteiger partial charge in [0, 0.05) is 38.4 Å². The molecule has 0 radical (unpaired) electrons. The number of morpholine rings is 2. The zero-order chi connectivity index (χ0) is 15.4. The third-order valence-electron chi connectivity index (χ3n) is 4.19. The van der Waals surface area contributed by atoms with Gasteiger partial charge in [-0.3, -0.25) is 9.69 Å². The lowest BCUT2D eigenvalue weighted by Gasteiger charge is -2.31. The van der Waals surface area contributed by atoms with Gasteiger partial charge in [0.05, 0.1) is 32.0 Å². The van der Waals surface area contributed by atoms with Gasteiger partial charge in [-0.2, -0.15) is 0 Å². The molecule has 2 heterocycles. The summed E-state index contributed by atoms with van der Waals surface area (Å²) in [6, 6.07) is 3.39. The van der Waals surface area contributed by atoms with Crippen LogP contribution < -0.4 is 4.90 Å². The van der Waals surface area contributed by atoms with E-state index in [2.05, 4.69) is 9.80 Å². The Hall–Kier alpha value is -1.50. The molecule has 2 aliphatic heterocycles. The Balaban J connectivity index is 1.84. The van der Waals surface area contributed by atoms with Crippen molar-refractivity contribution in [3.8, 4) is 0 Å². The van der Waals surface area contributed by atoms with Crippen molar-refractivity contribution < 1.29 is 18.7 Å². The second-order valence-corrected chi connectivity index (χ2v) is 5.61. The zero-order valence-corrected chi connectivity index (χ0v) is 12.6. The maximum atomic E-state index is 14.3. The molecule has 5 nitrogen and oxygen atoms in total. The van der Waals surface area contributed by atoms with Crippen LogP contribution in [0, 0.1) is 5.82 Å². The summed E-state index contributed by atoms with van der Waals surface area (Å²) in [6.45, 7) is 6.35. The van der Waals surface area contributed by atoms with Crippen molar-refractivity contribution in [2.75, 3.05) is 57.5 Å². The highest BCUT2D eigenvalue weighted by Crippen LogP contribution is 2.24. The molecule has 0 saturated carbocycles. The molecule has 2 fully saturated rings. The average molecular weight is 308 g/mol. The van der Waals surface area contributed by atoms with Gasteiger partial charge in [-0.1, -0.05) is 0 Å². The first-order chi connectivity index (χ1) is 10.8. The van der Waals surface area contributed by atoms with Crippen molar-refractivity contribution >= 4 is 12.0 Å². The Morgan fingerprint density at radius 3 is 2.32 bits per heavy atom. The van der Waals surface area contributed by atoms with E-state index in [0.29, 0.717) is 39.3 Å². The number of hydrogen-bond donors (Lipinski definition) is 0. The smallest absolute Gasteiger partial charge is 0.153 e. The van der Waals surface area contributed by atoms with E-state index in [-0.39, 0.29) is 5.56 Å². The van der Waals surface area contributed by atoms with Gasteiger partial charge in [-0.15, -0.1) is 0 Å². The lowest BCUT2D eigenvalue weighted by molar-refractivity contribution is 0.0341. The summed E-state index contributed by atoms with van der Waals surface area (Å²) in [6.07, 6.45) is 0.619. The SMILES string of the molecule is O=Cc1c(F)cc(N2CCOCC2)cc1CN1CCOCC1. The second kappa shape index (κ2) is 7.17. The zero-order valence-electron chi connectivity index (χ0n) is 12.6. The average Bonchev–Trinajstić information content (AvgIpc) is 2.56. The minimum absolute atomic E-state index is 0.170. The molecule has 0 N–H and O–H groups in total. The number of hydrogen-bond acceptors (Lipinski definition) is 5. The Morgan fingerprint density at radius 2 is 1.68 bits per heavy atom. The van der Waals surface area contributed by atoms with Crippen LogP contribution in [-0.2, 0) is 16.0 Å². The molecule has 0 bridgehead atoms. The van der Waals surface area contributed by atoms with E-state index < -0.39 is 5.82 Å². The third kappa shape index (κ3) is 3.45. The molecule has 0 aromatic heterocycles. The molecule has 0 aliphatic carbocycles. The monoisotopic (exact) mass is 308 g/mol. The highest BCUT2D eigenvalue weighted by Gasteiger charge is 2.19. The molecule has 3 rings (SSSR count). The van der Waals surface area contributed by atoms with E-state index in [1.54, 1.807) is 0 Å². The minimum atomic E-state index is -0.442. The molecule has 2 aliphatic rings. The van der Waals surface area contributed by atoms with Gasteiger partial charge in [0.25, 0.3) is 0 Å². The fourth-order valence-electron chi connectivity index (χ4n) is 2.93. The first kappa shape index (κ1) is 15.4. The maximum absolute atomic E-state index is 14.3. The van der Waals surface area contributed by atoms with E-state index in [1.165, 1.54) is 6.07 Å².